The molecule has 0 N–H and O–H groups in total. The highest BCUT2D eigenvalue weighted by Crippen LogP contribution is 2.12. The van der Waals surface area contributed by atoms with Crippen LogP contribution in [0.2, 0.25) is 0 Å². The molecule has 2 aromatic rings. The van der Waals surface area contributed by atoms with Crippen molar-refractivity contribution < 1.29 is 9.53 Å². The zero-order chi connectivity index (χ0) is 12.4. The fourth-order valence-electron chi connectivity index (χ4n) is 1.86. The lowest BCUT2D eigenvalue weighted by Crippen LogP contribution is -2.17. The van der Waals surface area contributed by atoms with Crippen LogP contribution in [0.4, 0.5) is 0 Å². The van der Waals surface area contributed by atoms with Gasteiger partial charge in [0.1, 0.15) is 6.54 Å². The lowest BCUT2D eigenvalue weighted by atomic mass is 10.2. The topological polar surface area (TPSA) is 48.3 Å². The monoisotopic (exact) mass is 231 g/mol. The van der Waals surface area contributed by atoms with E-state index in [0.29, 0.717) is 5.39 Å². The molecule has 0 aliphatic rings. The van der Waals surface area contributed by atoms with Crippen LogP contribution in [-0.4, -0.2) is 17.6 Å². The minimum absolute atomic E-state index is 0.0285. The first-order chi connectivity index (χ1) is 8.13. The number of carbonyl (C=O) groups is 1. The van der Waals surface area contributed by atoms with Gasteiger partial charge in [-0.25, -0.2) is 0 Å². The summed E-state index contributed by atoms with van der Waals surface area (Å²) in [5, 5.41) is 0.613. The number of pyridine rings is 1. The maximum Gasteiger partial charge on any atom is 0.325 e. The van der Waals surface area contributed by atoms with E-state index in [1.54, 1.807) is 17.6 Å². The molecule has 88 valence electrons. The number of benzene rings is 1. The van der Waals surface area contributed by atoms with Gasteiger partial charge in [0.05, 0.1) is 12.6 Å². The molecule has 2 rings (SSSR count). The Morgan fingerprint density at radius 1 is 1.35 bits per heavy atom. The Morgan fingerprint density at radius 2 is 2.06 bits per heavy atom. The predicted molar refractivity (Wildman–Crippen MR) is 65.0 cm³/mol. The highest BCUT2D eigenvalue weighted by Gasteiger charge is 2.09. The number of carbonyl (C=O) groups excluding carboxylic acids is 1. The Kier molecular flexibility index (Phi) is 2.95. The van der Waals surface area contributed by atoms with Crippen molar-refractivity contribution in [3.63, 3.8) is 0 Å². The molecule has 1 aromatic carbocycles. The molecular weight excluding hydrogens is 218 g/mol. The largest absolute Gasteiger partial charge is 0.468 e. The zero-order valence-electron chi connectivity index (χ0n) is 9.77. The number of aryl methyl sites for hydroxylation is 1. The van der Waals surface area contributed by atoms with E-state index in [9.17, 15) is 9.59 Å². The second kappa shape index (κ2) is 4.41. The standard InChI is InChI=1S/C13H13NO3/c1-9-7-12(15)10-5-3-4-6-11(10)14(9)8-13(16)17-2/h3-7H,8H2,1-2H3. The van der Waals surface area contributed by atoms with Crippen molar-refractivity contribution in [2.45, 2.75) is 13.5 Å². The van der Waals surface area contributed by atoms with Crippen LogP contribution in [0.25, 0.3) is 10.9 Å². The van der Waals surface area contributed by atoms with Gasteiger partial charge in [0.15, 0.2) is 5.43 Å². The van der Waals surface area contributed by atoms with Crippen LogP contribution in [-0.2, 0) is 16.1 Å². The van der Waals surface area contributed by atoms with Crippen molar-refractivity contribution in [2.75, 3.05) is 7.11 Å². The fourth-order valence-corrected chi connectivity index (χ4v) is 1.86. The summed E-state index contributed by atoms with van der Waals surface area (Å²) in [6.07, 6.45) is 0. The number of ether oxygens (including phenoxy) is 1. The second-order valence-electron chi connectivity index (χ2n) is 3.83. The number of hydrogen-bond donors (Lipinski definition) is 0. The fraction of sp³-hybridized carbons (Fsp3) is 0.231. The summed E-state index contributed by atoms with van der Waals surface area (Å²) < 4.78 is 6.43. The molecular formula is C13H13NO3. The van der Waals surface area contributed by atoms with Gasteiger partial charge in [-0.2, -0.15) is 0 Å². The van der Waals surface area contributed by atoms with E-state index >= 15 is 0 Å². The van der Waals surface area contributed by atoms with Gasteiger partial charge in [-0.05, 0) is 19.1 Å². The summed E-state index contributed by atoms with van der Waals surface area (Å²) >= 11 is 0. The average molecular weight is 231 g/mol. The Hall–Kier alpha value is -2.10. The van der Waals surface area contributed by atoms with Gasteiger partial charge < -0.3 is 9.30 Å². The number of nitrogens with zero attached hydrogens (tertiary/aromatic N) is 1. The number of para-hydroxylation sites is 1. The highest BCUT2D eigenvalue weighted by atomic mass is 16.5. The predicted octanol–water partition coefficient (Wildman–Crippen LogP) is 1.48. The molecule has 1 heterocycles. The van der Waals surface area contributed by atoms with E-state index < -0.39 is 0 Å². The van der Waals surface area contributed by atoms with Gasteiger partial charge in [0.2, 0.25) is 0 Å². The third kappa shape index (κ3) is 2.06. The Balaban J connectivity index is 2.69. The molecule has 0 unspecified atom stereocenters. The molecule has 0 radical (unpaired) electrons. The van der Waals surface area contributed by atoms with Gasteiger partial charge in [-0.1, -0.05) is 12.1 Å². The minimum atomic E-state index is -0.332. The quantitative estimate of drug-likeness (QED) is 0.735. The third-order valence-corrected chi connectivity index (χ3v) is 2.74. The first-order valence-electron chi connectivity index (χ1n) is 5.29. The van der Waals surface area contributed by atoms with Gasteiger partial charge in [0.25, 0.3) is 0 Å². The molecule has 0 aliphatic carbocycles. The van der Waals surface area contributed by atoms with Gasteiger partial charge in [-0.3, -0.25) is 9.59 Å². The third-order valence-electron chi connectivity index (χ3n) is 2.74. The van der Waals surface area contributed by atoms with E-state index in [-0.39, 0.29) is 17.9 Å². The normalized spacial score (nSPS) is 10.5. The molecule has 0 fully saturated rings. The molecule has 0 atom stereocenters. The van der Waals surface area contributed by atoms with Crippen molar-refractivity contribution in [1.29, 1.82) is 0 Å². The molecule has 0 bridgehead atoms. The van der Waals surface area contributed by atoms with Crippen molar-refractivity contribution in [3.8, 4) is 0 Å². The Bertz CT molecular complexity index is 628. The number of rotatable bonds is 2. The van der Waals surface area contributed by atoms with Gasteiger partial charge in [-0.15, -0.1) is 0 Å². The lowest BCUT2D eigenvalue weighted by Gasteiger charge is -2.12. The van der Waals surface area contributed by atoms with Crippen LogP contribution in [0.3, 0.4) is 0 Å². The number of esters is 1. The zero-order valence-corrected chi connectivity index (χ0v) is 9.77. The van der Waals surface area contributed by atoms with Gasteiger partial charge >= 0.3 is 5.97 Å². The van der Waals surface area contributed by atoms with E-state index in [1.807, 2.05) is 18.2 Å². The molecule has 4 nitrogen and oxygen atoms in total. The average Bonchev–Trinajstić information content (AvgIpc) is 2.34. The van der Waals surface area contributed by atoms with E-state index in [2.05, 4.69) is 4.74 Å². The molecule has 0 aliphatic heterocycles. The van der Waals surface area contributed by atoms with Crippen LogP contribution in [0, 0.1) is 6.92 Å². The van der Waals surface area contributed by atoms with Crippen LogP contribution in [0.1, 0.15) is 5.69 Å². The molecule has 17 heavy (non-hydrogen) atoms. The molecule has 0 amide bonds. The molecule has 0 saturated carbocycles. The smallest absolute Gasteiger partial charge is 0.325 e. The molecule has 0 saturated heterocycles. The number of aromatic nitrogens is 1. The summed E-state index contributed by atoms with van der Waals surface area (Å²) in [6.45, 7) is 1.92. The summed E-state index contributed by atoms with van der Waals surface area (Å²) in [4.78, 5) is 23.1. The van der Waals surface area contributed by atoms with Gasteiger partial charge in [0, 0.05) is 17.1 Å². The van der Waals surface area contributed by atoms with E-state index in [1.165, 1.54) is 13.2 Å². The maximum atomic E-state index is 11.8. The summed E-state index contributed by atoms with van der Waals surface area (Å²) in [6, 6.07) is 8.76. The molecule has 1 aromatic heterocycles. The van der Waals surface area contributed by atoms with Crippen molar-refractivity contribution in [3.05, 3.63) is 46.2 Å². The van der Waals surface area contributed by atoms with E-state index in [0.717, 1.165) is 11.2 Å². The lowest BCUT2D eigenvalue weighted by molar-refractivity contribution is -0.141. The maximum absolute atomic E-state index is 11.8. The molecule has 0 spiro atoms. The number of hydrogen-bond acceptors (Lipinski definition) is 3. The van der Waals surface area contributed by atoms with Crippen molar-refractivity contribution in [1.82, 2.24) is 4.57 Å². The number of fused-ring (bicyclic) bond motifs is 1. The van der Waals surface area contributed by atoms with Crippen LogP contribution >= 0.6 is 0 Å². The summed E-state index contributed by atoms with van der Waals surface area (Å²) in [7, 11) is 1.35. The van der Waals surface area contributed by atoms with Crippen LogP contribution in [0.5, 0.6) is 0 Å². The molecule has 4 heteroatoms. The minimum Gasteiger partial charge on any atom is -0.468 e. The van der Waals surface area contributed by atoms with Crippen molar-refractivity contribution >= 4 is 16.9 Å². The summed E-state index contributed by atoms with van der Waals surface area (Å²) in [5.74, 6) is -0.332. The number of methoxy groups -OCH3 is 1. The second-order valence-corrected chi connectivity index (χ2v) is 3.83. The first-order valence-corrected chi connectivity index (χ1v) is 5.29. The van der Waals surface area contributed by atoms with E-state index in [4.69, 9.17) is 0 Å². The highest BCUT2D eigenvalue weighted by molar-refractivity contribution is 5.81. The van der Waals surface area contributed by atoms with Crippen molar-refractivity contribution in [2.24, 2.45) is 0 Å². The summed E-state index contributed by atoms with van der Waals surface area (Å²) in [5.41, 5.74) is 1.47. The van der Waals surface area contributed by atoms with Crippen LogP contribution < -0.4 is 5.43 Å². The first kappa shape index (κ1) is 11.4. The Labute approximate surface area is 98.4 Å². The SMILES string of the molecule is COC(=O)Cn1c(C)cc(=O)c2ccccc21. The Morgan fingerprint density at radius 3 is 2.76 bits per heavy atom. The van der Waals surface area contributed by atoms with Crippen LogP contribution in [0.15, 0.2) is 35.1 Å².